The number of nitrogens with zero attached hydrogens (tertiary/aromatic N) is 5. The lowest BCUT2D eigenvalue weighted by atomic mass is 10.2. The van der Waals surface area contributed by atoms with E-state index in [9.17, 15) is 18.8 Å². The minimum atomic E-state index is -0.710. The van der Waals surface area contributed by atoms with Gasteiger partial charge in [-0.15, -0.1) is 0 Å². The molecular formula is C18H19FN6O4. The van der Waals surface area contributed by atoms with Gasteiger partial charge in [-0.3, -0.25) is 14.2 Å². The third kappa shape index (κ3) is 4.45. The summed E-state index contributed by atoms with van der Waals surface area (Å²) < 4.78 is 20.1. The second-order valence-corrected chi connectivity index (χ2v) is 6.62. The number of hydrogen-bond acceptors (Lipinski definition) is 7. The van der Waals surface area contributed by atoms with Crippen LogP contribution in [0.25, 0.3) is 17.2 Å². The van der Waals surface area contributed by atoms with Gasteiger partial charge in [-0.2, -0.15) is 14.8 Å². The quantitative estimate of drug-likeness (QED) is 0.639. The van der Waals surface area contributed by atoms with Gasteiger partial charge < -0.3 is 9.84 Å². The number of carbonyl (C=O) groups is 1. The molecule has 1 aromatic carbocycles. The van der Waals surface area contributed by atoms with Gasteiger partial charge in [0, 0.05) is 25.9 Å². The molecule has 0 atom stereocenters. The van der Waals surface area contributed by atoms with Crippen LogP contribution in [0.4, 0.5) is 4.39 Å². The van der Waals surface area contributed by atoms with Gasteiger partial charge in [-0.1, -0.05) is 5.16 Å². The van der Waals surface area contributed by atoms with Crippen molar-refractivity contribution in [3.8, 4) is 17.2 Å². The van der Waals surface area contributed by atoms with Gasteiger partial charge in [0.25, 0.3) is 5.56 Å². The molecule has 0 aliphatic carbocycles. The predicted molar refractivity (Wildman–Crippen MR) is 99.9 cm³/mol. The number of nitrogens with one attached hydrogen (secondary N) is 1. The molecule has 0 radical (unpaired) electrons. The first-order valence-corrected chi connectivity index (χ1v) is 8.85. The average Bonchev–Trinajstić information content (AvgIpc) is 3.14. The average molecular weight is 402 g/mol. The third-order valence-electron chi connectivity index (χ3n) is 3.94. The van der Waals surface area contributed by atoms with Gasteiger partial charge in [-0.05, 0) is 38.1 Å². The molecule has 1 amide bonds. The highest BCUT2D eigenvalue weighted by atomic mass is 19.1. The van der Waals surface area contributed by atoms with Crippen molar-refractivity contribution in [3.63, 3.8) is 0 Å². The first-order chi connectivity index (χ1) is 13.8. The Morgan fingerprint density at radius 3 is 2.59 bits per heavy atom. The van der Waals surface area contributed by atoms with Gasteiger partial charge in [0.05, 0.1) is 5.69 Å². The lowest BCUT2D eigenvalue weighted by molar-refractivity contribution is -0.121. The Kier molecular flexibility index (Phi) is 5.66. The molecule has 0 bridgehead atoms. The summed E-state index contributed by atoms with van der Waals surface area (Å²) in [5.74, 6) is -0.599. The third-order valence-corrected chi connectivity index (χ3v) is 3.94. The van der Waals surface area contributed by atoms with E-state index in [1.54, 1.807) is 0 Å². The van der Waals surface area contributed by atoms with Crippen molar-refractivity contribution in [3.05, 3.63) is 56.8 Å². The zero-order valence-electron chi connectivity index (χ0n) is 16.0. The second-order valence-electron chi connectivity index (χ2n) is 6.62. The Hall–Kier alpha value is -3.63. The molecule has 11 heteroatoms. The van der Waals surface area contributed by atoms with E-state index in [2.05, 4.69) is 20.6 Å². The van der Waals surface area contributed by atoms with Crippen molar-refractivity contribution in [2.75, 3.05) is 0 Å². The Balaban J connectivity index is 1.92. The van der Waals surface area contributed by atoms with Crippen LogP contribution in [-0.4, -0.2) is 36.4 Å². The van der Waals surface area contributed by atoms with Crippen LogP contribution < -0.4 is 16.6 Å². The molecule has 0 aliphatic rings. The van der Waals surface area contributed by atoms with E-state index in [1.165, 1.54) is 31.3 Å². The molecule has 3 aromatic rings. The second kappa shape index (κ2) is 8.17. The number of aromatic nitrogens is 5. The molecule has 0 spiro atoms. The first-order valence-electron chi connectivity index (χ1n) is 8.85. The maximum Gasteiger partial charge on any atom is 0.351 e. The summed E-state index contributed by atoms with van der Waals surface area (Å²) in [6.07, 6.45) is 0.323. The number of rotatable bonds is 6. The van der Waals surface area contributed by atoms with Crippen molar-refractivity contribution in [2.24, 2.45) is 7.05 Å². The highest BCUT2D eigenvalue weighted by Gasteiger charge is 2.19. The SMILES string of the molecule is CC(C)NC(=O)CCc1nc(-c2nn(-c3ccc(F)cc3)c(=O)n(C)c2=O)no1. The highest BCUT2D eigenvalue weighted by molar-refractivity contribution is 5.76. The summed E-state index contributed by atoms with van der Waals surface area (Å²) in [5.41, 5.74) is -1.36. The fourth-order valence-corrected chi connectivity index (χ4v) is 2.53. The number of halogens is 1. The van der Waals surface area contributed by atoms with E-state index < -0.39 is 17.1 Å². The van der Waals surface area contributed by atoms with Crippen LogP contribution in [-0.2, 0) is 18.3 Å². The van der Waals surface area contributed by atoms with Crippen molar-refractivity contribution >= 4 is 5.91 Å². The zero-order chi connectivity index (χ0) is 21.1. The summed E-state index contributed by atoms with van der Waals surface area (Å²) >= 11 is 0. The monoisotopic (exact) mass is 402 g/mol. The van der Waals surface area contributed by atoms with Crippen molar-refractivity contribution < 1.29 is 13.7 Å². The molecule has 10 nitrogen and oxygen atoms in total. The highest BCUT2D eigenvalue weighted by Crippen LogP contribution is 2.11. The normalized spacial score (nSPS) is 11.1. The smallest absolute Gasteiger partial charge is 0.351 e. The molecule has 0 saturated carbocycles. The number of carbonyl (C=O) groups excluding carboxylic acids is 1. The number of amides is 1. The van der Waals surface area contributed by atoms with Gasteiger partial charge in [0.15, 0.2) is 5.69 Å². The van der Waals surface area contributed by atoms with E-state index in [0.29, 0.717) is 0 Å². The number of benzene rings is 1. The van der Waals surface area contributed by atoms with Crippen LogP contribution in [0, 0.1) is 5.82 Å². The van der Waals surface area contributed by atoms with Crippen molar-refractivity contribution in [1.29, 1.82) is 0 Å². The Bertz CT molecular complexity index is 1150. The van der Waals surface area contributed by atoms with E-state index in [-0.39, 0.29) is 47.9 Å². The van der Waals surface area contributed by atoms with Gasteiger partial charge in [0.1, 0.15) is 5.82 Å². The molecule has 0 aliphatic heterocycles. The zero-order valence-corrected chi connectivity index (χ0v) is 16.0. The summed E-state index contributed by atoms with van der Waals surface area (Å²) in [5, 5.41) is 10.5. The first kappa shape index (κ1) is 20.1. The molecule has 0 fully saturated rings. The standard InChI is InChI=1S/C18H19FN6O4/c1-10(2)20-13(26)8-9-14-21-16(23-29-14)15-17(27)24(3)18(28)25(22-15)12-6-4-11(19)5-7-12/h4-7,10H,8-9H2,1-3H3,(H,20,26). The van der Waals surface area contributed by atoms with Crippen molar-refractivity contribution in [2.45, 2.75) is 32.7 Å². The fourth-order valence-electron chi connectivity index (χ4n) is 2.53. The summed E-state index contributed by atoms with van der Waals surface area (Å²) in [6.45, 7) is 3.69. The van der Waals surface area contributed by atoms with Crippen LogP contribution in [0.1, 0.15) is 26.2 Å². The lowest BCUT2D eigenvalue weighted by Crippen LogP contribution is -2.40. The minimum absolute atomic E-state index is 0.0143. The van der Waals surface area contributed by atoms with Crippen LogP contribution in [0.2, 0.25) is 0 Å². The van der Waals surface area contributed by atoms with Crippen LogP contribution >= 0.6 is 0 Å². The number of hydrogen-bond donors (Lipinski definition) is 1. The van der Waals surface area contributed by atoms with Crippen LogP contribution in [0.5, 0.6) is 0 Å². The largest absolute Gasteiger partial charge is 0.354 e. The summed E-state index contributed by atoms with van der Waals surface area (Å²) in [6, 6.07) is 5.06. The van der Waals surface area contributed by atoms with Gasteiger partial charge in [0.2, 0.25) is 17.6 Å². The topological polar surface area (TPSA) is 125 Å². The summed E-state index contributed by atoms with van der Waals surface area (Å²) in [7, 11) is 1.28. The van der Waals surface area contributed by atoms with Crippen LogP contribution in [0.15, 0.2) is 38.4 Å². The molecular weight excluding hydrogens is 383 g/mol. The Morgan fingerprint density at radius 2 is 1.93 bits per heavy atom. The van der Waals surface area contributed by atoms with Crippen LogP contribution in [0.3, 0.4) is 0 Å². The lowest BCUT2D eigenvalue weighted by Gasteiger charge is -2.07. The minimum Gasteiger partial charge on any atom is -0.354 e. The number of aryl methyl sites for hydroxylation is 1. The molecule has 152 valence electrons. The summed E-state index contributed by atoms with van der Waals surface area (Å²) in [4.78, 5) is 40.7. The Labute approximate surface area is 164 Å². The molecule has 0 unspecified atom stereocenters. The van der Waals surface area contributed by atoms with Gasteiger partial charge >= 0.3 is 5.69 Å². The maximum atomic E-state index is 13.2. The van der Waals surface area contributed by atoms with E-state index in [4.69, 9.17) is 4.52 Å². The molecule has 0 saturated heterocycles. The van der Waals surface area contributed by atoms with E-state index in [1.807, 2.05) is 13.8 Å². The molecule has 2 heterocycles. The Morgan fingerprint density at radius 1 is 1.24 bits per heavy atom. The molecule has 2 aromatic heterocycles. The fraction of sp³-hybridized carbons (Fsp3) is 0.333. The van der Waals surface area contributed by atoms with Gasteiger partial charge in [-0.25, -0.2) is 9.18 Å². The van der Waals surface area contributed by atoms with E-state index in [0.717, 1.165) is 9.25 Å². The molecule has 3 rings (SSSR count). The molecule has 29 heavy (non-hydrogen) atoms. The molecule has 1 N–H and O–H groups in total. The predicted octanol–water partition coefficient (Wildman–Crippen LogP) is 0.577. The maximum absolute atomic E-state index is 13.2. The van der Waals surface area contributed by atoms with Crippen molar-refractivity contribution in [1.82, 2.24) is 29.8 Å². The van der Waals surface area contributed by atoms with E-state index >= 15 is 0 Å².